The molecule has 1 aliphatic rings. The zero-order valence-electron chi connectivity index (χ0n) is 10.7. The minimum Gasteiger partial charge on any atom is -0.388 e. The van der Waals surface area contributed by atoms with Gasteiger partial charge in [-0.25, -0.2) is 0 Å². The van der Waals surface area contributed by atoms with Crippen molar-refractivity contribution in [3.8, 4) is 0 Å². The summed E-state index contributed by atoms with van der Waals surface area (Å²) >= 11 is 0. The summed E-state index contributed by atoms with van der Waals surface area (Å²) in [4.78, 5) is 0. The van der Waals surface area contributed by atoms with Gasteiger partial charge in [-0.3, -0.25) is 0 Å². The molecule has 96 valence electrons. The molecule has 2 unspecified atom stereocenters. The number of ether oxygens (including phenoxy) is 1. The predicted molar refractivity (Wildman–Crippen MR) is 66.3 cm³/mol. The Bertz CT molecular complexity index is 192. The van der Waals surface area contributed by atoms with Crippen molar-refractivity contribution in [3.63, 3.8) is 0 Å². The minimum absolute atomic E-state index is 0.145. The van der Waals surface area contributed by atoms with E-state index in [9.17, 15) is 5.11 Å². The molecule has 0 aromatic heterocycles. The molecule has 2 atom stereocenters. The topological polar surface area (TPSA) is 55.5 Å². The van der Waals surface area contributed by atoms with Gasteiger partial charge in [-0.15, -0.1) is 0 Å². The molecule has 0 aliphatic heterocycles. The molecule has 16 heavy (non-hydrogen) atoms. The van der Waals surface area contributed by atoms with Crippen molar-refractivity contribution in [2.75, 3.05) is 6.61 Å². The molecule has 1 saturated carbocycles. The standard InChI is InChI=1S/C13H27NO2/c1-3-13(15,4-2)10-16-12-9-7-5-6-8-11(12)14/h11-12,15H,3-10,14H2,1-2H3. The summed E-state index contributed by atoms with van der Waals surface area (Å²) in [5.41, 5.74) is 5.42. The molecule has 0 aromatic carbocycles. The first-order valence-corrected chi connectivity index (χ1v) is 6.71. The van der Waals surface area contributed by atoms with Gasteiger partial charge in [0.15, 0.2) is 0 Å². The monoisotopic (exact) mass is 229 g/mol. The lowest BCUT2D eigenvalue weighted by Gasteiger charge is -2.29. The van der Waals surface area contributed by atoms with Crippen LogP contribution in [-0.4, -0.2) is 29.5 Å². The van der Waals surface area contributed by atoms with E-state index in [1.54, 1.807) is 0 Å². The van der Waals surface area contributed by atoms with Gasteiger partial charge in [0.25, 0.3) is 0 Å². The molecule has 1 rings (SSSR count). The second kappa shape index (κ2) is 6.58. The Morgan fingerprint density at radius 1 is 1.19 bits per heavy atom. The van der Waals surface area contributed by atoms with Crippen LogP contribution in [0.5, 0.6) is 0 Å². The van der Waals surface area contributed by atoms with Crippen LogP contribution in [0.1, 0.15) is 58.8 Å². The normalized spacial score (nSPS) is 27.8. The highest BCUT2D eigenvalue weighted by Crippen LogP contribution is 2.22. The Labute approximate surface area is 99.4 Å². The summed E-state index contributed by atoms with van der Waals surface area (Å²) in [5, 5.41) is 10.2. The molecular weight excluding hydrogens is 202 g/mol. The molecule has 0 saturated heterocycles. The number of rotatable bonds is 5. The van der Waals surface area contributed by atoms with E-state index < -0.39 is 5.60 Å². The second-order valence-corrected chi connectivity index (χ2v) is 5.08. The zero-order chi connectivity index (χ0) is 12.0. The fourth-order valence-corrected chi connectivity index (χ4v) is 2.23. The van der Waals surface area contributed by atoms with E-state index in [0.717, 1.165) is 25.7 Å². The molecule has 0 spiro atoms. The number of hydrogen-bond acceptors (Lipinski definition) is 3. The van der Waals surface area contributed by atoms with Crippen molar-refractivity contribution >= 4 is 0 Å². The Balaban J connectivity index is 2.40. The van der Waals surface area contributed by atoms with Crippen molar-refractivity contribution < 1.29 is 9.84 Å². The summed E-state index contributed by atoms with van der Waals surface area (Å²) < 4.78 is 5.85. The average molecular weight is 229 g/mol. The van der Waals surface area contributed by atoms with Gasteiger partial charge in [-0.05, 0) is 25.7 Å². The third-order valence-corrected chi connectivity index (χ3v) is 3.89. The highest BCUT2D eigenvalue weighted by atomic mass is 16.5. The lowest BCUT2D eigenvalue weighted by atomic mass is 9.98. The van der Waals surface area contributed by atoms with Gasteiger partial charge < -0.3 is 15.6 Å². The van der Waals surface area contributed by atoms with Crippen LogP contribution in [0.4, 0.5) is 0 Å². The SMILES string of the molecule is CCC(O)(CC)COC1CCCCCC1N. The number of aliphatic hydroxyl groups is 1. The Hall–Kier alpha value is -0.120. The summed E-state index contributed by atoms with van der Waals surface area (Å²) in [7, 11) is 0. The van der Waals surface area contributed by atoms with Crippen molar-refractivity contribution in [1.29, 1.82) is 0 Å². The third-order valence-electron chi connectivity index (χ3n) is 3.89. The number of hydrogen-bond donors (Lipinski definition) is 2. The molecule has 3 heteroatoms. The summed E-state index contributed by atoms with van der Waals surface area (Å²) in [6.45, 7) is 4.43. The van der Waals surface area contributed by atoms with E-state index in [1.807, 2.05) is 13.8 Å². The average Bonchev–Trinajstić information content (AvgIpc) is 2.51. The lowest BCUT2D eigenvalue weighted by Crippen LogP contribution is -2.41. The first-order valence-electron chi connectivity index (χ1n) is 6.71. The Morgan fingerprint density at radius 3 is 2.44 bits per heavy atom. The van der Waals surface area contributed by atoms with E-state index in [2.05, 4.69) is 0 Å². The van der Waals surface area contributed by atoms with Crippen LogP contribution in [0.15, 0.2) is 0 Å². The van der Waals surface area contributed by atoms with Gasteiger partial charge in [0.05, 0.1) is 18.3 Å². The second-order valence-electron chi connectivity index (χ2n) is 5.08. The van der Waals surface area contributed by atoms with Crippen LogP contribution >= 0.6 is 0 Å². The van der Waals surface area contributed by atoms with Gasteiger partial charge in [0.1, 0.15) is 0 Å². The van der Waals surface area contributed by atoms with E-state index >= 15 is 0 Å². The maximum Gasteiger partial charge on any atom is 0.0875 e. The fraction of sp³-hybridized carbons (Fsp3) is 1.00. The molecule has 0 amide bonds. The first kappa shape index (κ1) is 13.9. The lowest BCUT2D eigenvalue weighted by molar-refractivity contribution is -0.0836. The molecule has 0 aromatic rings. The first-order chi connectivity index (χ1) is 7.61. The molecule has 3 nitrogen and oxygen atoms in total. The Kier molecular flexibility index (Phi) is 5.73. The highest BCUT2D eigenvalue weighted by Gasteiger charge is 2.27. The summed E-state index contributed by atoms with van der Waals surface area (Å²) in [6.07, 6.45) is 7.41. The van der Waals surface area contributed by atoms with Crippen LogP contribution in [0.2, 0.25) is 0 Å². The van der Waals surface area contributed by atoms with Gasteiger partial charge in [-0.2, -0.15) is 0 Å². The van der Waals surface area contributed by atoms with Crippen molar-refractivity contribution in [3.05, 3.63) is 0 Å². The minimum atomic E-state index is -0.661. The van der Waals surface area contributed by atoms with Crippen molar-refractivity contribution in [1.82, 2.24) is 0 Å². The molecule has 1 aliphatic carbocycles. The van der Waals surface area contributed by atoms with Gasteiger partial charge in [-0.1, -0.05) is 33.1 Å². The number of nitrogens with two attached hydrogens (primary N) is 1. The predicted octanol–water partition coefficient (Wildman–Crippen LogP) is 2.21. The maximum atomic E-state index is 10.2. The van der Waals surface area contributed by atoms with E-state index in [4.69, 9.17) is 10.5 Å². The molecule has 0 bridgehead atoms. The van der Waals surface area contributed by atoms with Crippen molar-refractivity contribution in [2.24, 2.45) is 5.73 Å². The van der Waals surface area contributed by atoms with Crippen LogP contribution in [0.25, 0.3) is 0 Å². The molecule has 1 fully saturated rings. The Morgan fingerprint density at radius 2 is 1.81 bits per heavy atom. The van der Waals surface area contributed by atoms with E-state index in [1.165, 1.54) is 19.3 Å². The van der Waals surface area contributed by atoms with E-state index in [-0.39, 0.29) is 12.1 Å². The fourth-order valence-electron chi connectivity index (χ4n) is 2.23. The largest absolute Gasteiger partial charge is 0.388 e. The van der Waals surface area contributed by atoms with Crippen LogP contribution in [0.3, 0.4) is 0 Å². The summed E-state index contributed by atoms with van der Waals surface area (Å²) in [5.74, 6) is 0. The van der Waals surface area contributed by atoms with E-state index in [0.29, 0.717) is 6.61 Å². The van der Waals surface area contributed by atoms with Gasteiger partial charge in [0.2, 0.25) is 0 Å². The van der Waals surface area contributed by atoms with Crippen LogP contribution in [-0.2, 0) is 4.74 Å². The maximum absolute atomic E-state index is 10.2. The summed E-state index contributed by atoms with van der Waals surface area (Å²) in [6, 6.07) is 0.153. The van der Waals surface area contributed by atoms with Gasteiger partial charge >= 0.3 is 0 Å². The molecule has 0 radical (unpaired) electrons. The zero-order valence-corrected chi connectivity index (χ0v) is 10.7. The van der Waals surface area contributed by atoms with Gasteiger partial charge in [0, 0.05) is 6.04 Å². The van der Waals surface area contributed by atoms with Crippen molar-refractivity contribution in [2.45, 2.75) is 76.5 Å². The molecule has 3 N–H and O–H groups in total. The van der Waals surface area contributed by atoms with Crippen LogP contribution in [0, 0.1) is 0 Å². The third kappa shape index (κ3) is 4.04. The van der Waals surface area contributed by atoms with Crippen LogP contribution < -0.4 is 5.73 Å². The quantitative estimate of drug-likeness (QED) is 0.711. The smallest absolute Gasteiger partial charge is 0.0875 e. The molecule has 0 heterocycles. The molecular formula is C13H27NO2. The highest BCUT2D eigenvalue weighted by molar-refractivity contribution is 4.80.